The van der Waals surface area contributed by atoms with E-state index in [1.165, 1.54) is 0 Å². The minimum absolute atomic E-state index is 0.697. The van der Waals surface area contributed by atoms with E-state index in [0.29, 0.717) is 11.4 Å². The van der Waals surface area contributed by atoms with Gasteiger partial charge in [0.2, 0.25) is 0 Å². The number of benzene rings is 2. The van der Waals surface area contributed by atoms with E-state index in [9.17, 15) is 0 Å². The molecule has 0 saturated heterocycles. The Hall–Kier alpha value is -1.26. The summed E-state index contributed by atoms with van der Waals surface area (Å²) in [6, 6.07) is 11.7. The van der Waals surface area contributed by atoms with Crippen molar-refractivity contribution < 1.29 is 0 Å². The number of hydrogen-bond acceptors (Lipinski definition) is 4. The molecule has 0 aliphatic rings. The van der Waals surface area contributed by atoms with Crippen LogP contribution in [0.4, 0.5) is 11.4 Å². The van der Waals surface area contributed by atoms with Crippen LogP contribution >= 0.6 is 25.3 Å². The standard InChI is InChI=1S/C13H14N2S2/c14-10-3-1-9(7-13(10)17)5-8-2-4-12(16)11(15)6-8/h1-4,6-7,16-17H,5,14-15H2. The summed E-state index contributed by atoms with van der Waals surface area (Å²) >= 11 is 8.56. The van der Waals surface area contributed by atoms with Crippen LogP contribution in [0.5, 0.6) is 0 Å². The molecule has 0 bridgehead atoms. The third-order valence-electron chi connectivity index (χ3n) is 2.60. The summed E-state index contributed by atoms with van der Waals surface area (Å²) in [4.78, 5) is 1.61. The first-order chi connectivity index (χ1) is 8.06. The molecule has 0 fully saturated rings. The first-order valence-electron chi connectivity index (χ1n) is 5.21. The summed E-state index contributed by atoms with van der Waals surface area (Å²) in [7, 11) is 0. The van der Waals surface area contributed by atoms with Gasteiger partial charge < -0.3 is 11.5 Å². The molecule has 2 aromatic rings. The van der Waals surface area contributed by atoms with Crippen LogP contribution in [-0.2, 0) is 6.42 Å². The first kappa shape index (κ1) is 12.2. The van der Waals surface area contributed by atoms with E-state index in [1.54, 1.807) is 0 Å². The van der Waals surface area contributed by atoms with Gasteiger partial charge in [-0.05, 0) is 41.8 Å². The maximum absolute atomic E-state index is 5.82. The molecule has 2 nitrogen and oxygen atoms in total. The molecule has 2 rings (SSSR count). The Morgan fingerprint density at radius 3 is 2.06 bits per heavy atom. The van der Waals surface area contributed by atoms with Crippen LogP contribution in [0.2, 0.25) is 0 Å². The van der Waals surface area contributed by atoms with E-state index in [2.05, 4.69) is 25.3 Å². The summed E-state index contributed by atoms with van der Waals surface area (Å²) < 4.78 is 0. The topological polar surface area (TPSA) is 52.0 Å². The Bertz CT molecular complexity index is 504. The molecule has 4 N–H and O–H groups in total. The molecule has 0 radical (unpaired) electrons. The Labute approximate surface area is 112 Å². The lowest BCUT2D eigenvalue weighted by Gasteiger charge is -2.07. The number of thiol groups is 2. The van der Waals surface area contributed by atoms with Crippen LogP contribution in [0, 0.1) is 0 Å². The monoisotopic (exact) mass is 262 g/mol. The Morgan fingerprint density at radius 1 is 0.765 bits per heavy atom. The zero-order valence-corrected chi connectivity index (χ0v) is 11.0. The number of nitrogen functional groups attached to an aromatic ring is 2. The minimum atomic E-state index is 0.697. The molecule has 0 atom stereocenters. The van der Waals surface area contributed by atoms with Crippen molar-refractivity contribution in [2.45, 2.75) is 16.2 Å². The van der Waals surface area contributed by atoms with Crippen molar-refractivity contribution in [3.63, 3.8) is 0 Å². The van der Waals surface area contributed by atoms with Gasteiger partial charge in [0.1, 0.15) is 0 Å². The van der Waals surface area contributed by atoms with Crippen LogP contribution < -0.4 is 11.5 Å². The highest BCUT2D eigenvalue weighted by atomic mass is 32.1. The summed E-state index contributed by atoms with van der Waals surface area (Å²) in [5, 5.41) is 0. The van der Waals surface area contributed by atoms with Gasteiger partial charge in [-0.15, -0.1) is 25.3 Å². The van der Waals surface area contributed by atoms with Crippen molar-refractivity contribution in [1.29, 1.82) is 0 Å². The number of nitrogens with two attached hydrogens (primary N) is 2. The molecule has 0 spiro atoms. The van der Waals surface area contributed by atoms with E-state index in [-0.39, 0.29) is 0 Å². The SMILES string of the molecule is Nc1cc(Cc2ccc(N)c(S)c2)ccc1S. The molecule has 4 heteroatoms. The highest BCUT2D eigenvalue weighted by Gasteiger charge is 2.01. The van der Waals surface area contributed by atoms with E-state index < -0.39 is 0 Å². The third kappa shape index (κ3) is 2.90. The summed E-state index contributed by atoms with van der Waals surface area (Å²) in [5.74, 6) is 0. The maximum Gasteiger partial charge on any atom is 0.0452 e. The quantitative estimate of drug-likeness (QED) is 0.497. The molecule has 2 aromatic carbocycles. The number of anilines is 2. The fraction of sp³-hybridized carbons (Fsp3) is 0.0769. The van der Waals surface area contributed by atoms with Gasteiger partial charge in [-0.2, -0.15) is 0 Å². The smallest absolute Gasteiger partial charge is 0.0452 e. The second-order valence-corrected chi connectivity index (χ2v) is 4.93. The molecule has 0 amide bonds. The van der Waals surface area contributed by atoms with Gasteiger partial charge in [0.25, 0.3) is 0 Å². The fourth-order valence-electron chi connectivity index (χ4n) is 1.65. The van der Waals surface area contributed by atoms with Crippen LogP contribution in [0.25, 0.3) is 0 Å². The average molecular weight is 262 g/mol. The Balaban J connectivity index is 2.25. The summed E-state index contributed by atoms with van der Waals surface area (Å²) in [6.45, 7) is 0. The van der Waals surface area contributed by atoms with E-state index in [4.69, 9.17) is 11.5 Å². The fourth-order valence-corrected chi connectivity index (χ4v) is 2.03. The molecule has 0 heterocycles. The van der Waals surface area contributed by atoms with Gasteiger partial charge >= 0.3 is 0 Å². The van der Waals surface area contributed by atoms with Crippen LogP contribution in [0.1, 0.15) is 11.1 Å². The Morgan fingerprint density at radius 2 is 1.41 bits per heavy atom. The van der Waals surface area contributed by atoms with Crippen molar-refractivity contribution in [2.24, 2.45) is 0 Å². The second kappa shape index (κ2) is 4.94. The van der Waals surface area contributed by atoms with Crippen molar-refractivity contribution in [3.05, 3.63) is 47.5 Å². The molecule has 0 aromatic heterocycles. The highest BCUT2D eigenvalue weighted by Crippen LogP contribution is 2.22. The van der Waals surface area contributed by atoms with E-state index in [0.717, 1.165) is 27.3 Å². The lowest BCUT2D eigenvalue weighted by molar-refractivity contribution is 1.17. The van der Waals surface area contributed by atoms with E-state index >= 15 is 0 Å². The van der Waals surface area contributed by atoms with Gasteiger partial charge in [-0.3, -0.25) is 0 Å². The second-order valence-electron chi connectivity index (χ2n) is 3.96. The van der Waals surface area contributed by atoms with Crippen molar-refractivity contribution in [2.75, 3.05) is 11.5 Å². The van der Waals surface area contributed by atoms with Crippen molar-refractivity contribution in [3.8, 4) is 0 Å². The largest absolute Gasteiger partial charge is 0.398 e. The molecule has 0 saturated carbocycles. The van der Waals surface area contributed by atoms with Gasteiger partial charge in [0.05, 0.1) is 0 Å². The third-order valence-corrected chi connectivity index (χ3v) is 3.39. The lowest BCUT2D eigenvalue weighted by atomic mass is 10.0. The first-order valence-corrected chi connectivity index (χ1v) is 6.10. The predicted octanol–water partition coefficient (Wildman–Crippen LogP) is 3.02. The van der Waals surface area contributed by atoms with Gasteiger partial charge in [-0.25, -0.2) is 0 Å². The van der Waals surface area contributed by atoms with Crippen molar-refractivity contribution in [1.82, 2.24) is 0 Å². The molecular weight excluding hydrogens is 248 g/mol. The lowest BCUT2D eigenvalue weighted by Crippen LogP contribution is -1.94. The van der Waals surface area contributed by atoms with Crippen molar-refractivity contribution >= 4 is 36.6 Å². The summed E-state index contributed by atoms with van der Waals surface area (Å²) in [5.41, 5.74) is 15.2. The predicted molar refractivity (Wildman–Crippen MR) is 79.0 cm³/mol. The molecular formula is C13H14N2S2. The molecule has 0 unspecified atom stereocenters. The number of rotatable bonds is 2. The van der Waals surface area contributed by atoms with Crippen LogP contribution in [0.15, 0.2) is 46.2 Å². The Kier molecular flexibility index (Phi) is 3.54. The zero-order valence-electron chi connectivity index (χ0n) is 9.22. The number of hydrogen-bond donors (Lipinski definition) is 4. The zero-order chi connectivity index (χ0) is 12.4. The van der Waals surface area contributed by atoms with Crippen LogP contribution in [0.3, 0.4) is 0 Å². The average Bonchev–Trinajstić information content (AvgIpc) is 2.29. The van der Waals surface area contributed by atoms with Gasteiger partial charge in [0.15, 0.2) is 0 Å². The van der Waals surface area contributed by atoms with E-state index in [1.807, 2.05) is 36.4 Å². The van der Waals surface area contributed by atoms with Gasteiger partial charge in [-0.1, -0.05) is 12.1 Å². The van der Waals surface area contributed by atoms with Gasteiger partial charge in [0, 0.05) is 21.2 Å². The maximum atomic E-state index is 5.82. The summed E-state index contributed by atoms with van der Waals surface area (Å²) in [6.07, 6.45) is 0.812. The molecule has 0 aliphatic heterocycles. The minimum Gasteiger partial charge on any atom is -0.398 e. The highest BCUT2D eigenvalue weighted by molar-refractivity contribution is 7.80. The molecule has 0 aliphatic carbocycles. The molecule has 88 valence electrons. The normalized spacial score (nSPS) is 10.5. The molecule has 17 heavy (non-hydrogen) atoms. The van der Waals surface area contributed by atoms with Crippen LogP contribution in [-0.4, -0.2) is 0 Å².